The second-order valence-corrected chi connectivity index (χ2v) is 13.9. The predicted molar refractivity (Wildman–Crippen MR) is 188 cm³/mol. The summed E-state index contributed by atoms with van der Waals surface area (Å²) in [4.78, 5) is 16.7. The number of fused-ring (bicyclic) bond motifs is 10. The number of nitrogens with zero attached hydrogens (tertiary/aromatic N) is 1. The third-order valence-corrected chi connectivity index (χ3v) is 10.9. The first-order chi connectivity index (χ1) is 22.2. The Bertz CT molecular complexity index is 2230. The molecule has 2 aliphatic heterocycles. The molecule has 0 bridgehead atoms. The molecule has 1 spiro atoms. The fourth-order valence-corrected chi connectivity index (χ4v) is 9.16. The van der Waals surface area contributed by atoms with E-state index in [9.17, 15) is 4.79 Å². The first kappa shape index (κ1) is 27.1. The smallest absolute Gasteiger partial charge is 0.193 e. The Labute approximate surface area is 271 Å². The van der Waals surface area contributed by atoms with Crippen LogP contribution in [0.25, 0.3) is 11.1 Å². The van der Waals surface area contributed by atoms with Crippen molar-refractivity contribution >= 4 is 22.8 Å². The van der Waals surface area contributed by atoms with Crippen molar-refractivity contribution in [3.8, 4) is 11.1 Å². The Hall–Kier alpha value is -5.21. The lowest BCUT2D eigenvalue weighted by molar-refractivity contribution is 0.103. The number of para-hydroxylation sites is 2. The van der Waals surface area contributed by atoms with Crippen molar-refractivity contribution in [2.75, 3.05) is 4.90 Å². The average molecular weight is 594 g/mol. The van der Waals surface area contributed by atoms with Crippen molar-refractivity contribution in [3.63, 3.8) is 0 Å². The van der Waals surface area contributed by atoms with Gasteiger partial charge in [0, 0.05) is 16.5 Å². The van der Waals surface area contributed by atoms with Crippen LogP contribution in [-0.2, 0) is 10.8 Å². The molecule has 2 nitrogen and oxygen atoms in total. The Kier molecular flexibility index (Phi) is 5.41. The topological polar surface area (TPSA) is 20.3 Å². The molecule has 0 radical (unpaired) electrons. The van der Waals surface area contributed by atoms with Gasteiger partial charge < -0.3 is 4.90 Å². The van der Waals surface area contributed by atoms with Crippen LogP contribution in [0.3, 0.4) is 0 Å². The maximum absolute atomic E-state index is 14.2. The number of anilines is 3. The fraction of sp³-hybridized carbons (Fsp3) is 0.159. The second kappa shape index (κ2) is 9.17. The highest BCUT2D eigenvalue weighted by Crippen LogP contribution is 2.65. The molecule has 2 heteroatoms. The highest BCUT2D eigenvalue weighted by atomic mass is 16.1. The SMILES string of the molecule is Cc1cc(C)c(-c2ccc3c(c2)N2c4ccccc4C(C)(C)c4cccc(c42)C32c3ccccc3C(=O)c3ccccc32)c(C)c1. The van der Waals surface area contributed by atoms with E-state index in [0.29, 0.717) is 0 Å². The van der Waals surface area contributed by atoms with Gasteiger partial charge in [-0.05, 0) is 88.5 Å². The Balaban J connectivity index is 1.49. The molecular formula is C44H35NO. The van der Waals surface area contributed by atoms with E-state index in [1.54, 1.807) is 0 Å². The summed E-state index contributed by atoms with van der Waals surface area (Å²) in [6.07, 6.45) is 0. The van der Waals surface area contributed by atoms with Crippen LogP contribution >= 0.6 is 0 Å². The van der Waals surface area contributed by atoms with Gasteiger partial charge in [0.25, 0.3) is 0 Å². The van der Waals surface area contributed by atoms with E-state index < -0.39 is 5.41 Å². The number of hydrogen-bond donors (Lipinski definition) is 0. The van der Waals surface area contributed by atoms with Crippen molar-refractivity contribution in [1.82, 2.24) is 0 Å². The van der Waals surface area contributed by atoms with E-state index in [0.717, 1.165) is 22.3 Å². The highest BCUT2D eigenvalue weighted by Gasteiger charge is 2.54. The number of ketones is 1. The summed E-state index contributed by atoms with van der Waals surface area (Å²) in [5.41, 5.74) is 17.8. The largest absolute Gasteiger partial charge is 0.309 e. The zero-order chi connectivity index (χ0) is 31.5. The summed E-state index contributed by atoms with van der Waals surface area (Å²) in [7, 11) is 0. The van der Waals surface area contributed by atoms with Crippen molar-refractivity contribution in [2.45, 2.75) is 45.4 Å². The van der Waals surface area contributed by atoms with Gasteiger partial charge in [0.2, 0.25) is 0 Å². The quantitative estimate of drug-likeness (QED) is 0.189. The minimum atomic E-state index is -0.670. The molecule has 0 N–H and O–H groups in total. The zero-order valence-electron chi connectivity index (χ0n) is 26.9. The van der Waals surface area contributed by atoms with Crippen LogP contribution < -0.4 is 4.90 Å². The molecule has 6 aromatic rings. The molecule has 2 heterocycles. The number of aryl methyl sites for hydroxylation is 3. The molecular weight excluding hydrogens is 558 g/mol. The van der Waals surface area contributed by atoms with Crippen molar-refractivity contribution in [2.24, 2.45) is 0 Å². The van der Waals surface area contributed by atoms with E-state index in [4.69, 9.17) is 0 Å². The van der Waals surface area contributed by atoms with E-state index in [-0.39, 0.29) is 11.2 Å². The Morgan fingerprint density at radius 3 is 1.76 bits per heavy atom. The molecule has 0 aromatic heterocycles. The van der Waals surface area contributed by atoms with Gasteiger partial charge in [-0.25, -0.2) is 0 Å². The third-order valence-electron chi connectivity index (χ3n) is 10.9. The highest BCUT2D eigenvalue weighted by molar-refractivity contribution is 6.15. The van der Waals surface area contributed by atoms with Crippen LogP contribution in [0.2, 0.25) is 0 Å². The third kappa shape index (κ3) is 3.24. The molecule has 0 fully saturated rings. The summed E-state index contributed by atoms with van der Waals surface area (Å²) < 4.78 is 0. The van der Waals surface area contributed by atoms with Crippen LogP contribution in [0.4, 0.5) is 17.1 Å². The van der Waals surface area contributed by atoms with E-state index >= 15 is 0 Å². The molecule has 6 aromatic carbocycles. The second-order valence-electron chi connectivity index (χ2n) is 13.9. The zero-order valence-corrected chi connectivity index (χ0v) is 26.9. The lowest BCUT2D eigenvalue weighted by Crippen LogP contribution is -2.44. The summed E-state index contributed by atoms with van der Waals surface area (Å²) >= 11 is 0. The van der Waals surface area contributed by atoms with E-state index in [2.05, 4.69) is 137 Å². The van der Waals surface area contributed by atoms with Gasteiger partial charge in [0.15, 0.2) is 5.78 Å². The molecule has 222 valence electrons. The summed E-state index contributed by atoms with van der Waals surface area (Å²) in [5, 5.41) is 0. The monoisotopic (exact) mass is 593 g/mol. The fourth-order valence-electron chi connectivity index (χ4n) is 9.16. The summed E-state index contributed by atoms with van der Waals surface area (Å²) in [5.74, 6) is 0.0961. The molecule has 0 unspecified atom stereocenters. The van der Waals surface area contributed by atoms with Gasteiger partial charge in [0.05, 0.1) is 22.5 Å². The normalized spacial score (nSPS) is 15.8. The molecule has 9 rings (SSSR count). The molecule has 1 aliphatic carbocycles. The van der Waals surface area contributed by atoms with Crippen LogP contribution in [-0.4, -0.2) is 5.78 Å². The lowest BCUT2D eigenvalue weighted by Gasteiger charge is -2.53. The van der Waals surface area contributed by atoms with Gasteiger partial charge in [-0.1, -0.05) is 129 Å². The Morgan fingerprint density at radius 2 is 1.09 bits per heavy atom. The molecule has 0 amide bonds. The van der Waals surface area contributed by atoms with Crippen LogP contribution in [0.15, 0.2) is 121 Å². The van der Waals surface area contributed by atoms with Gasteiger partial charge in [-0.3, -0.25) is 4.79 Å². The van der Waals surface area contributed by atoms with Gasteiger partial charge in [-0.15, -0.1) is 0 Å². The predicted octanol–water partition coefficient (Wildman–Crippen LogP) is 10.6. The van der Waals surface area contributed by atoms with Crippen LogP contribution in [0.5, 0.6) is 0 Å². The lowest BCUT2D eigenvalue weighted by atomic mass is 9.56. The maximum atomic E-state index is 14.2. The Morgan fingerprint density at radius 1 is 0.522 bits per heavy atom. The molecule has 3 aliphatic rings. The van der Waals surface area contributed by atoms with Crippen LogP contribution in [0, 0.1) is 20.8 Å². The van der Waals surface area contributed by atoms with E-state index in [1.807, 2.05) is 24.3 Å². The summed E-state index contributed by atoms with van der Waals surface area (Å²) in [6.45, 7) is 11.3. The van der Waals surface area contributed by atoms with Gasteiger partial charge >= 0.3 is 0 Å². The molecule has 0 saturated heterocycles. The van der Waals surface area contributed by atoms with Gasteiger partial charge in [-0.2, -0.15) is 0 Å². The minimum absolute atomic E-state index is 0.0961. The van der Waals surface area contributed by atoms with Crippen molar-refractivity contribution < 1.29 is 4.79 Å². The number of hydrogen-bond acceptors (Lipinski definition) is 2. The van der Waals surface area contributed by atoms with Crippen molar-refractivity contribution in [1.29, 1.82) is 0 Å². The number of benzene rings is 6. The van der Waals surface area contributed by atoms with Crippen molar-refractivity contribution in [3.05, 3.63) is 183 Å². The van der Waals surface area contributed by atoms with Gasteiger partial charge in [0.1, 0.15) is 0 Å². The maximum Gasteiger partial charge on any atom is 0.193 e. The first-order valence-corrected chi connectivity index (χ1v) is 16.2. The minimum Gasteiger partial charge on any atom is -0.309 e. The summed E-state index contributed by atoms with van der Waals surface area (Å²) in [6, 6.07) is 44.0. The molecule has 0 saturated carbocycles. The average Bonchev–Trinajstić information content (AvgIpc) is 3.05. The number of carbonyl (C=O) groups is 1. The first-order valence-electron chi connectivity index (χ1n) is 16.2. The van der Waals surface area contributed by atoms with E-state index in [1.165, 1.54) is 67.1 Å². The van der Waals surface area contributed by atoms with Crippen LogP contribution in [0.1, 0.15) is 79.8 Å². The number of carbonyl (C=O) groups excluding carboxylic acids is 1. The number of rotatable bonds is 1. The molecule has 46 heavy (non-hydrogen) atoms. The standard InChI is InChI=1S/C44H35NO/c1-26-23-27(2)40(28(3)24-26)29-21-22-35-39(25-29)45-38-20-11-10-17-34(38)43(4,5)36-18-12-19-37(41(36)45)44(35)32-15-8-6-13-30(32)42(46)31-14-7-9-16-33(31)44/h6-25H,1-5H3. The molecule has 0 atom stereocenters.